The molecule has 0 bridgehead atoms. The normalized spacial score (nSPS) is 21.3. The third-order valence-corrected chi connectivity index (χ3v) is 5.64. The fraction of sp³-hybridized carbons (Fsp3) is 0.375. The van der Waals surface area contributed by atoms with Crippen molar-refractivity contribution in [3.05, 3.63) is 63.5 Å². The van der Waals surface area contributed by atoms with Crippen LogP contribution in [-0.4, -0.2) is 30.4 Å². The predicted molar refractivity (Wildman–Crippen MR) is 115 cm³/mol. The number of alkyl halides is 3. The SMILES string of the molecule is Cc1ccc(Oc2c(C(F)(F)F)oc3c(C[NH+]4C[C@H](C)O[C@@H](C)C4)c(O)ccc3c2=O)cc1. The van der Waals surface area contributed by atoms with Gasteiger partial charge < -0.3 is 23.9 Å². The highest BCUT2D eigenvalue weighted by Gasteiger charge is 2.41. The number of halogens is 3. The number of quaternary nitrogens is 1. The first-order chi connectivity index (χ1) is 15.5. The van der Waals surface area contributed by atoms with E-state index in [0.29, 0.717) is 13.1 Å². The van der Waals surface area contributed by atoms with E-state index in [1.165, 1.54) is 24.3 Å². The Morgan fingerprint density at radius 3 is 2.33 bits per heavy atom. The van der Waals surface area contributed by atoms with E-state index in [2.05, 4.69) is 0 Å². The molecule has 9 heteroatoms. The first kappa shape index (κ1) is 23.1. The Labute approximate surface area is 188 Å². The van der Waals surface area contributed by atoms with E-state index in [4.69, 9.17) is 13.9 Å². The highest BCUT2D eigenvalue weighted by Crippen LogP contribution is 2.39. The van der Waals surface area contributed by atoms with E-state index in [-0.39, 0.29) is 46.8 Å². The second-order valence-electron chi connectivity index (χ2n) is 8.53. The average Bonchev–Trinajstić information content (AvgIpc) is 2.72. The van der Waals surface area contributed by atoms with Crippen LogP contribution in [0.1, 0.15) is 30.7 Å². The minimum Gasteiger partial charge on any atom is -0.507 e. The third-order valence-electron chi connectivity index (χ3n) is 5.64. The zero-order valence-electron chi connectivity index (χ0n) is 18.5. The Morgan fingerprint density at radius 1 is 1.09 bits per heavy atom. The Morgan fingerprint density at radius 2 is 1.73 bits per heavy atom. The second kappa shape index (κ2) is 8.72. The van der Waals surface area contributed by atoms with Gasteiger partial charge in [-0.1, -0.05) is 17.7 Å². The molecule has 2 heterocycles. The summed E-state index contributed by atoms with van der Waals surface area (Å²) in [5, 5.41) is 10.4. The maximum absolute atomic E-state index is 13.9. The molecule has 176 valence electrons. The molecule has 0 saturated carbocycles. The molecule has 33 heavy (non-hydrogen) atoms. The zero-order valence-corrected chi connectivity index (χ0v) is 18.5. The summed E-state index contributed by atoms with van der Waals surface area (Å²) in [4.78, 5) is 14.1. The number of hydrogen-bond acceptors (Lipinski definition) is 5. The number of benzene rings is 2. The molecule has 1 aliphatic heterocycles. The number of ether oxygens (including phenoxy) is 2. The van der Waals surface area contributed by atoms with Crippen molar-refractivity contribution in [2.75, 3.05) is 13.1 Å². The van der Waals surface area contributed by atoms with Crippen LogP contribution in [0, 0.1) is 6.92 Å². The Bertz CT molecular complexity index is 1210. The summed E-state index contributed by atoms with van der Waals surface area (Å²) in [7, 11) is 0. The largest absolute Gasteiger partial charge is 0.507 e. The van der Waals surface area contributed by atoms with Crippen molar-refractivity contribution < 1.29 is 37.1 Å². The molecule has 1 aliphatic rings. The molecule has 2 N–H and O–H groups in total. The average molecular weight is 464 g/mol. The summed E-state index contributed by atoms with van der Waals surface area (Å²) in [6.07, 6.45) is -5.08. The van der Waals surface area contributed by atoms with Gasteiger partial charge in [-0.15, -0.1) is 0 Å². The lowest BCUT2D eigenvalue weighted by Gasteiger charge is -2.32. The molecule has 0 amide bonds. The number of nitrogens with one attached hydrogen (secondary N) is 1. The van der Waals surface area contributed by atoms with E-state index in [1.807, 2.05) is 20.8 Å². The molecule has 2 aromatic carbocycles. The van der Waals surface area contributed by atoms with Crippen molar-refractivity contribution in [2.45, 2.75) is 45.7 Å². The Balaban J connectivity index is 1.84. The Kier molecular flexibility index (Phi) is 6.11. The topological polar surface area (TPSA) is 73.3 Å². The molecule has 3 aromatic rings. The van der Waals surface area contributed by atoms with Crippen LogP contribution >= 0.6 is 0 Å². The maximum atomic E-state index is 13.9. The fourth-order valence-corrected chi connectivity index (χ4v) is 4.24. The van der Waals surface area contributed by atoms with Gasteiger partial charge in [-0.2, -0.15) is 13.2 Å². The van der Waals surface area contributed by atoms with Crippen LogP contribution < -0.4 is 15.1 Å². The number of hydrogen-bond donors (Lipinski definition) is 2. The molecule has 0 spiro atoms. The smallest absolute Gasteiger partial charge is 0.453 e. The number of morpholine rings is 1. The molecule has 4 rings (SSSR count). The van der Waals surface area contributed by atoms with Gasteiger partial charge in [0.25, 0.3) is 5.76 Å². The highest BCUT2D eigenvalue weighted by molar-refractivity contribution is 5.83. The minimum absolute atomic E-state index is 0.0480. The van der Waals surface area contributed by atoms with Crippen LogP contribution in [-0.2, 0) is 17.5 Å². The lowest BCUT2D eigenvalue weighted by atomic mass is 10.1. The monoisotopic (exact) mass is 464 g/mol. The number of phenolic OH excluding ortho intramolecular Hbond substituents is 1. The zero-order chi connectivity index (χ0) is 23.9. The predicted octanol–water partition coefficient (Wildman–Crippen LogP) is 3.81. The second-order valence-corrected chi connectivity index (χ2v) is 8.53. The summed E-state index contributed by atoms with van der Waals surface area (Å²) in [5.41, 5.74) is -0.210. The summed E-state index contributed by atoms with van der Waals surface area (Å²) >= 11 is 0. The van der Waals surface area contributed by atoms with E-state index >= 15 is 0 Å². The number of fused-ring (bicyclic) bond motifs is 1. The van der Waals surface area contributed by atoms with E-state index in [0.717, 1.165) is 10.5 Å². The van der Waals surface area contributed by atoms with Crippen molar-refractivity contribution >= 4 is 11.0 Å². The van der Waals surface area contributed by atoms with Crippen LogP contribution in [0.15, 0.2) is 45.6 Å². The van der Waals surface area contributed by atoms with Gasteiger partial charge in [0.1, 0.15) is 43.3 Å². The van der Waals surface area contributed by atoms with Crippen molar-refractivity contribution in [2.24, 2.45) is 0 Å². The lowest BCUT2D eigenvalue weighted by Crippen LogP contribution is -3.14. The van der Waals surface area contributed by atoms with Gasteiger partial charge in [0, 0.05) is 0 Å². The van der Waals surface area contributed by atoms with Crippen LogP contribution in [0.5, 0.6) is 17.2 Å². The maximum Gasteiger partial charge on any atom is 0.453 e. The van der Waals surface area contributed by atoms with Gasteiger partial charge in [-0.25, -0.2) is 0 Å². The summed E-state index contributed by atoms with van der Waals surface area (Å²) in [6, 6.07) is 8.83. The van der Waals surface area contributed by atoms with Gasteiger partial charge in [-0.3, -0.25) is 4.79 Å². The molecular formula is C24H25F3NO5+. The molecule has 1 saturated heterocycles. The number of phenols is 1. The van der Waals surface area contributed by atoms with Crippen LogP contribution in [0.2, 0.25) is 0 Å². The van der Waals surface area contributed by atoms with Gasteiger partial charge in [0.05, 0.1) is 10.9 Å². The van der Waals surface area contributed by atoms with Crippen molar-refractivity contribution in [1.29, 1.82) is 0 Å². The standard InChI is InChI=1S/C24H24F3NO5/c1-13-4-6-16(7-5-13)32-22-20(30)17-8-9-19(29)18(21(17)33-23(22)24(25,26)27)12-28-10-14(2)31-15(3)11-28/h4-9,14-15,29H,10-12H2,1-3H3/p+1/t14-,15-/m0/s1. The van der Waals surface area contributed by atoms with Crippen molar-refractivity contribution in [3.8, 4) is 17.2 Å². The fourth-order valence-electron chi connectivity index (χ4n) is 4.24. The summed E-state index contributed by atoms with van der Waals surface area (Å²) in [6.45, 7) is 7.03. The number of aryl methyl sites for hydroxylation is 1. The van der Waals surface area contributed by atoms with Crippen molar-refractivity contribution in [3.63, 3.8) is 0 Å². The van der Waals surface area contributed by atoms with E-state index in [9.17, 15) is 23.1 Å². The molecular weight excluding hydrogens is 439 g/mol. The molecule has 0 radical (unpaired) electrons. The summed E-state index contributed by atoms with van der Waals surface area (Å²) in [5.74, 6) is -2.62. The minimum atomic E-state index is -4.98. The van der Waals surface area contributed by atoms with Gasteiger partial charge >= 0.3 is 6.18 Å². The summed E-state index contributed by atoms with van der Waals surface area (Å²) < 4.78 is 58.1. The molecule has 2 atom stereocenters. The lowest BCUT2D eigenvalue weighted by molar-refractivity contribution is -0.928. The van der Waals surface area contributed by atoms with Crippen molar-refractivity contribution in [1.82, 2.24) is 0 Å². The van der Waals surface area contributed by atoms with Gasteiger partial charge in [-0.05, 0) is 45.0 Å². The van der Waals surface area contributed by atoms with Crippen LogP contribution in [0.3, 0.4) is 0 Å². The van der Waals surface area contributed by atoms with E-state index < -0.39 is 23.1 Å². The molecule has 0 aliphatic carbocycles. The molecule has 0 unspecified atom stereocenters. The first-order valence-corrected chi connectivity index (χ1v) is 10.7. The Hall–Kier alpha value is -3.04. The first-order valence-electron chi connectivity index (χ1n) is 10.7. The van der Waals surface area contributed by atoms with Gasteiger partial charge in [0.15, 0.2) is 5.58 Å². The molecule has 1 aromatic heterocycles. The third kappa shape index (κ3) is 4.84. The van der Waals surface area contributed by atoms with Crippen LogP contribution in [0.4, 0.5) is 13.2 Å². The van der Waals surface area contributed by atoms with Gasteiger partial charge in [0.2, 0.25) is 11.2 Å². The number of aromatic hydroxyl groups is 1. The van der Waals surface area contributed by atoms with Crippen LogP contribution in [0.25, 0.3) is 11.0 Å². The highest BCUT2D eigenvalue weighted by atomic mass is 19.4. The molecule has 6 nitrogen and oxygen atoms in total. The molecule has 1 fully saturated rings. The van der Waals surface area contributed by atoms with E-state index in [1.54, 1.807) is 12.1 Å². The number of rotatable bonds is 4. The quantitative estimate of drug-likeness (QED) is 0.615.